The molecular weight excluding hydrogens is 282 g/mol. The minimum Gasteiger partial charge on any atom is -0.312 e. The van der Waals surface area contributed by atoms with Crippen LogP contribution in [0.2, 0.25) is 0 Å². The summed E-state index contributed by atoms with van der Waals surface area (Å²) in [5.41, 5.74) is 0. The third-order valence-corrected chi connectivity index (χ3v) is 5.29. The molecule has 2 aromatic heterocycles. The Kier molecular flexibility index (Phi) is 4.52. The standard InChI is InChI=1S/C12H15N3O2S2/c1-2-13-9-10-6-7-12(18-10)19(16,17)15-11-5-3-4-8-14-11/h3-8,13H,2,9H2,1H3,(H,14,15). The van der Waals surface area contributed by atoms with Crippen molar-refractivity contribution in [3.05, 3.63) is 41.4 Å². The second-order valence-electron chi connectivity index (χ2n) is 3.82. The molecule has 0 radical (unpaired) electrons. The lowest BCUT2D eigenvalue weighted by Crippen LogP contribution is -2.12. The quantitative estimate of drug-likeness (QED) is 0.856. The maximum Gasteiger partial charge on any atom is 0.272 e. The molecule has 0 bridgehead atoms. The van der Waals surface area contributed by atoms with Crippen molar-refractivity contribution in [2.24, 2.45) is 0 Å². The van der Waals surface area contributed by atoms with Gasteiger partial charge in [0.05, 0.1) is 0 Å². The number of anilines is 1. The number of hydrogen-bond acceptors (Lipinski definition) is 5. The molecule has 19 heavy (non-hydrogen) atoms. The van der Waals surface area contributed by atoms with E-state index >= 15 is 0 Å². The normalized spacial score (nSPS) is 11.4. The average molecular weight is 297 g/mol. The molecule has 102 valence electrons. The lowest BCUT2D eigenvalue weighted by Gasteiger charge is -2.04. The summed E-state index contributed by atoms with van der Waals surface area (Å²) >= 11 is 1.26. The van der Waals surface area contributed by atoms with Crippen molar-refractivity contribution in [1.82, 2.24) is 10.3 Å². The highest BCUT2D eigenvalue weighted by Crippen LogP contribution is 2.23. The zero-order valence-corrected chi connectivity index (χ0v) is 12.1. The number of aromatic nitrogens is 1. The van der Waals surface area contributed by atoms with Gasteiger partial charge in [-0.25, -0.2) is 13.4 Å². The van der Waals surface area contributed by atoms with Gasteiger partial charge in [-0.1, -0.05) is 13.0 Å². The lowest BCUT2D eigenvalue weighted by atomic mass is 10.4. The van der Waals surface area contributed by atoms with Crippen molar-refractivity contribution in [3.63, 3.8) is 0 Å². The maximum atomic E-state index is 12.1. The van der Waals surface area contributed by atoms with Crippen molar-refractivity contribution in [1.29, 1.82) is 0 Å². The van der Waals surface area contributed by atoms with Gasteiger partial charge < -0.3 is 5.32 Å². The van der Waals surface area contributed by atoms with E-state index in [1.807, 2.05) is 13.0 Å². The van der Waals surface area contributed by atoms with Crippen LogP contribution in [-0.2, 0) is 16.6 Å². The molecule has 0 fully saturated rings. The lowest BCUT2D eigenvalue weighted by molar-refractivity contribution is 0.603. The predicted octanol–water partition coefficient (Wildman–Crippen LogP) is 2.05. The third-order valence-electron chi connectivity index (χ3n) is 2.35. The summed E-state index contributed by atoms with van der Waals surface area (Å²) in [6, 6.07) is 8.51. The van der Waals surface area contributed by atoms with Crippen LogP contribution >= 0.6 is 11.3 Å². The molecule has 0 saturated heterocycles. The first kappa shape index (κ1) is 14.0. The highest BCUT2D eigenvalue weighted by molar-refractivity contribution is 7.94. The second kappa shape index (κ2) is 6.14. The number of nitrogens with one attached hydrogen (secondary N) is 2. The molecule has 2 aromatic rings. The molecule has 0 atom stereocenters. The topological polar surface area (TPSA) is 71.1 Å². The van der Waals surface area contributed by atoms with E-state index in [1.54, 1.807) is 30.5 Å². The van der Waals surface area contributed by atoms with Gasteiger partial charge in [0, 0.05) is 17.6 Å². The number of hydrogen-bond donors (Lipinski definition) is 2. The van der Waals surface area contributed by atoms with Gasteiger partial charge in [0.1, 0.15) is 10.0 Å². The Balaban J connectivity index is 2.13. The monoisotopic (exact) mass is 297 g/mol. The molecule has 0 aliphatic heterocycles. The Morgan fingerprint density at radius 2 is 2.11 bits per heavy atom. The van der Waals surface area contributed by atoms with Crippen LogP contribution in [0, 0.1) is 0 Å². The zero-order chi connectivity index (χ0) is 13.7. The summed E-state index contributed by atoms with van der Waals surface area (Å²) in [4.78, 5) is 4.94. The first-order valence-electron chi connectivity index (χ1n) is 5.85. The third kappa shape index (κ3) is 3.76. The molecule has 0 amide bonds. The number of sulfonamides is 1. The minimum absolute atomic E-state index is 0.297. The van der Waals surface area contributed by atoms with Crippen LogP contribution in [-0.4, -0.2) is 19.9 Å². The van der Waals surface area contributed by atoms with Crippen LogP contribution in [0.15, 0.2) is 40.7 Å². The van der Waals surface area contributed by atoms with Crippen LogP contribution in [0.1, 0.15) is 11.8 Å². The highest BCUT2D eigenvalue weighted by atomic mass is 32.2. The van der Waals surface area contributed by atoms with Crippen LogP contribution in [0.3, 0.4) is 0 Å². The van der Waals surface area contributed by atoms with Crippen LogP contribution in [0.4, 0.5) is 5.82 Å². The molecule has 7 heteroatoms. The first-order chi connectivity index (χ1) is 9.12. The van der Waals surface area contributed by atoms with E-state index in [0.29, 0.717) is 16.6 Å². The number of nitrogens with zero attached hydrogens (tertiary/aromatic N) is 1. The van der Waals surface area contributed by atoms with Gasteiger partial charge >= 0.3 is 0 Å². The Bertz CT molecular complexity index is 623. The second-order valence-corrected chi connectivity index (χ2v) is 6.90. The number of thiophene rings is 1. The molecule has 0 spiro atoms. The Labute approximate surface area is 116 Å². The summed E-state index contributed by atoms with van der Waals surface area (Å²) in [6.45, 7) is 3.54. The van der Waals surface area contributed by atoms with Crippen LogP contribution in [0.25, 0.3) is 0 Å². The first-order valence-corrected chi connectivity index (χ1v) is 8.15. The zero-order valence-electron chi connectivity index (χ0n) is 10.5. The summed E-state index contributed by atoms with van der Waals surface area (Å²) < 4.78 is 27.0. The van der Waals surface area contributed by atoms with E-state index in [1.165, 1.54) is 11.3 Å². The maximum absolute atomic E-state index is 12.1. The van der Waals surface area contributed by atoms with Gasteiger partial charge in [-0.15, -0.1) is 11.3 Å². The molecule has 0 aromatic carbocycles. The van der Waals surface area contributed by atoms with E-state index < -0.39 is 10.0 Å². The molecule has 0 aliphatic rings. The van der Waals surface area contributed by atoms with E-state index in [4.69, 9.17) is 0 Å². The van der Waals surface area contributed by atoms with Crippen molar-refractivity contribution >= 4 is 27.2 Å². The molecule has 2 heterocycles. The molecular formula is C12H15N3O2S2. The Morgan fingerprint density at radius 3 is 2.79 bits per heavy atom. The van der Waals surface area contributed by atoms with Gasteiger partial charge in [-0.2, -0.15) is 0 Å². The van der Waals surface area contributed by atoms with Crippen molar-refractivity contribution in [2.45, 2.75) is 17.7 Å². The number of rotatable bonds is 6. The van der Waals surface area contributed by atoms with E-state index in [0.717, 1.165) is 11.4 Å². The Hall–Kier alpha value is -1.44. The number of pyridine rings is 1. The van der Waals surface area contributed by atoms with Crippen molar-refractivity contribution < 1.29 is 8.42 Å². The van der Waals surface area contributed by atoms with Crippen molar-refractivity contribution in [2.75, 3.05) is 11.3 Å². The average Bonchev–Trinajstić information content (AvgIpc) is 2.86. The largest absolute Gasteiger partial charge is 0.312 e. The van der Waals surface area contributed by atoms with Gasteiger partial charge in [-0.3, -0.25) is 4.72 Å². The molecule has 2 N–H and O–H groups in total. The minimum atomic E-state index is -3.54. The van der Waals surface area contributed by atoms with E-state index in [9.17, 15) is 8.42 Å². The molecule has 0 unspecified atom stereocenters. The van der Waals surface area contributed by atoms with Gasteiger partial charge in [0.2, 0.25) is 0 Å². The summed E-state index contributed by atoms with van der Waals surface area (Å²) in [7, 11) is -3.54. The Morgan fingerprint density at radius 1 is 1.26 bits per heavy atom. The molecule has 2 rings (SSSR count). The predicted molar refractivity (Wildman–Crippen MR) is 76.7 cm³/mol. The van der Waals surface area contributed by atoms with Crippen LogP contribution in [0.5, 0.6) is 0 Å². The van der Waals surface area contributed by atoms with Crippen molar-refractivity contribution in [3.8, 4) is 0 Å². The molecule has 5 nitrogen and oxygen atoms in total. The molecule has 0 aliphatic carbocycles. The fourth-order valence-corrected chi connectivity index (χ4v) is 3.79. The highest BCUT2D eigenvalue weighted by Gasteiger charge is 2.17. The van der Waals surface area contributed by atoms with Crippen LogP contribution < -0.4 is 10.0 Å². The smallest absolute Gasteiger partial charge is 0.272 e. The van der Waals surface area contributed by atoms with Gasteiger partial charge in [0.15, 0.2) is 0 Å². The molecule has 0 saturated carbocycles. The van der Waals surface area contributed by atoms with E-state index in [-0.39, 0.29) is 0 Å². The summed E-state index contributed by atoms with van der Waals surface area (Å²) in [5, 5.41) is 3.16. The summed E-state index contributed by atoms with van der Waals surface area (Å²) in [6.07, 6.45) is 1.54. The SMILES string of the molecule is CCNCc1ccc(S(=O)(=O)Nc2ccccn2)s1. The van der Waals surface area contributed by atoms with Gasteiger partial charge in [-0.05, 0) is 30.8 Å². The fraction of sp³-hybridized carbons (Fsp3) is 0.250. The fourth-order valence-electron chi connectivity index (χ4n) is 1.46. The van der Waals surface area contributed by atoms with Gasteiger partial charge in [0.25, 0.3) is 10.0 Å². The van der Waals surface area contributed by atoms with E-state index in [2.05, 4.69) is 15.0 Å². The summed E-state index contributed by atoms with van der Waals surface area (Å²) in [5.74, 6) is 0.323.